The Kier molecular flexibility index (Phi) is 6.23. The van der Waals surface area contributed by atoms with E-state index in [2.05, 4.69) is 9.71 Å². The highest BCUT2D eigenvalue weighted by molar-refractivity contribution is 7.98. The normalized spacial score (nSPS) is 11.6. The number of pyridine rings is 1. The zero-order valence-corrected chi connectivity index (χ0v) is 19.1. The molecule has 0 fully saturated rings. The second-order valence-electron chi connectivity index (χ2n) is 6.98. The number of aromatic nitrogens is 2. The number of nitrogens with one attached hydrogen (secondary N) is 1. The van der Waals surface area contributed by atoms with Crippen LogP contribution >= 0.6 is 23.4 Å². The molecule has 2 aromatic carbocycles. The first-order valence-corrected chi connectivity index (χ1v) is 12.3. The van der Waals surface area contributed by atoms with Gasteiger partial charge in [0.1, 0.15) is 11.5 Å². The van der Waals surface area contributed by atoms with Crippen LogP contribution in [-0.2, 0) is 15.8 Å². The number of hydrogen-bond acceptors (Lipinski definition) is 5. The Balaban J connectivity index is 1.58. The van der Waals surface area contributed by atoms with Gasteiger partial charge in [-0.1, -0.05) is 23.7 Å². The maximum Gasteiger partial charge on any atom is 0.261 e. The van der Waals surface area contributed by atoms with Crippen LogP contribution in [0, 0.1) is 12.7 Å². The maximum absolute atomic E-state index is 13.4. The highest BCUT2D eigenvalue weighted by Crippen LogP contribution is 2.31. The van der Waals surface area contributed by atoms with E-state index in [0.717, 1.165) is 23.8 Å². The molecule has 0 aliphatic rings. The number of sulfonamides is 1. The van der Waals surface area contributed by atoms with Crippen LogP contribution in [0.2, 0.25) is 5.02 Å². The van der Waals surface area contributed by atoms with Crippen LogP contribution in [0.3, 0.4) is 0 Å². The molecule has 0 saturated heterocycles. The van der Waals surface area contributed by atoms with Crippen molar-refractivity contribution in [2.75, 3.05) is 4.72 Å². The Hall–Kier alpha value is -2.88. The smallest absolute Gasteiger partial charge is 0.261 e. The minimum absolute atomic E-state index is 0.150. The summed E-state index contributed by atoms with van der Waals surface area (Å²) in [6.45, 7) is 1.92. The second-order valence-corrected chi connectivity index (χ2v) is 10.1. The van der Waals surface area contributed by atoms with Gasteiger partial charge in [0.15, 0.2) is 0 Å². The van der Waals surface area contributed by atoms with Gasteiger partial charge in [0.2, 0.25) is 0 Å². The maximum atomic E-state index is 13.4. The van der Waals surface area contributed by atoms with E-state index in [0.29, 0.717) is 27.7 Å². The summed E-state index contributed by atoms with van der Waals surface area (Å²) >= 11 is 7.07. The van der Waals surface area contributed by atoms with Crippen molar-refractivity contribution in [1.82, 2.24) is 9.38 Å². The van der Waals surface area contributed by atoms with Gasteiger partial charge in [-0.15, -0.1) is 11.8 Å². The summed E-state index contributed by atoms with van der Waals surface area (Å²) in [6.07, 6.45) is 1.68. The largest absolute Gasteiger partial charge is 0.278 e. The molecule has 0 aliphatic carbocycles. The van der Waals surface area contributed by atoms with Crippen molar-refractivity contribution >= 4 is 44.7 Å². The molecule has 0 unspecified atom stereocenters. The van der Waals surface area contributed by atoms with Crippen molar-refractivity contribution < 1.29 is 12.8 Å². The molecular weight excluding hydrogens is 473 g/mol. The summed E-state index contributed by atoms with van der Waals surface area (Å²) in [5.74, 6) is -0.337. The summed E-state index contributed by atoms with van der Waals surface area (Å²) in [6, 6.07) is 15.2. The summed E-state index contributed by atoms with van der Waals surface area (Å²) in [7, 11) is -3.98. The average Bonchev–Trinajstić information content (AvgIpc) is 2.74. The first-order chi connectivity index (χ1) is 15.2. The van der Waals surface area contributed by atoms with Crippen LogP contribution < -0.4 is 10.3 Å². The number of halogens is 2. The number of benzene rings is 2. The van der Waals surface area contributed by atoms with Crippen LogP contribution in [0.5, 0.6) is 0 Å². The Morgan fingerprint density at radius 1 is 1.12 bits per heavy atom. The Morgan fingerprint density at radius 2 is 1.91 bits per heavy atom. The Morgan fingerprint density at radius 3 is 2.69 bits per heavy atom. The quantitative estimate of drug-likeness (QED) is 0.390. The third kappa shape index (κ3) is 4.79. The van der Waals surface area contributed by atoms with Crippen molar-refractivity contribution in [3.8, 4) is 0 Å². The number of para-hydroxylation sites is 1. The van der Waals surface area contributed by atoms with Gasteiger partial charge in [0, 0.05) is 22.9 Å². The topological polar surface area (TPSA) is 80.5 Å². The predicted molar refractivity (Wildman–Crippen MR) is 124 cm³/mol. The zero-order chi connectivity index (χ0) is 22.9. The fourth-order valence-corrected chi connectivity index (χ4v) is 5.32. The van der Waals surface area contributed by atoms with Crippen molar-refractivity contribution in [3.05, 3.63) is 99.3 Å². The number of aryl methyl sites for hydroxylation is 1. The van der Waals surface area contributed by atoms with Gasteiger partial charge in [-0.3, -0.25) is 13.9 Å². The molecule has 0 bridgehead atoms. The van der Waals surface area contributed by atoms with Crippen molar-refractivity contribution in [1.29, 1.82) is 0 Å². The monoisotopic (exact) mass is 489 g/mol. The summed E-state index contributed by atoms with van der Waals surface area (Å²) in [5, 5.41) is -0.278. The van der Waals surface area contributed by atoms with Gasteiger partial charge in [0.05, 0.1) is 21.3 Å². The van der Waals surface area contributed by atoms with E-state index in [4.69, 9.17) is 11.6 Å². The van der Waals surface area contributed by atoms with Crippen LogP contribution in [0.15, 0.2) is 81.4 Å². The Bertz CT molecular complexity index is 1490. The van der Waals surface area contributed by atoms with Crippen LogP contribution in [0.25, 0.3) is 5.65 Å². The molecule has 2 heterocycles. The van der Waals surface area contributed by atoms with E-state index in [1.54, 1.807) is 30.5 Å². The predicted octanol–water partition coefficient (Wildman–Crippen LogP) is 4.89. The molecule has 0 atom stereocenters. The molecule has 164 valence electrons. The van der Waals surface area contributed by atoms with Crippen molar-refractivity contribution in [3.63, 3.8) is 0 Å². The number of fused-ring (bicyclic) bond motifs is 1. The van der Waals surface area contributed by atoms with Crippen molar-refractivity contribution in [2.24, 2.45) is 0 Å². The molecule has 32 heavy (non-hydrogen) atoms. The van der Waals surface area contributed by atoms with E-state index in [1.807, 2.05) is 19.1 Å². The van der Waals surface area contributed by atoms with Gasteiger partial charge in [0.25, 0.3) is 15.6 Å². The highest BCUT2D eigenvalue weighted by Gasteiger charge is 2.18. The lowest BCUT2D eigenvalue weighted by atomic mass is 10.3. The molecule has 0 amide bonds. The molecule has 1 N–H and O–H groups in total. The standard InChI is InChI=1S/C22H17ClFN3O3S2/c1-14-8-9-27-21(10-14)25-15(11-22(27)28)13-31-20-5-3-2-4-19(20)26-32(29,30)16-6-7-18(24)17(23)12-16/h2-12,26H,13H2,1H3. The molecule has 6 nitrogen and oxygen atoms in total. The number of rotatable bonds is 6. The third-order valence-corrected chi connectivity index (χ3v) is 7.34. The van der Waals surface area contributed by atoms with E-state index < -0.39 is 15.8 Å². The number of hydrogen-bond donors (Lipinski definition) is 1. The molecule has 10 heteroatoms. The summed E-state index contributed by atoms with van der Waals surface area (Å²) in [5.41, 5.74) is 2.28. The van der Waals surface area contributed by atoms with Crippen LogP contribution in [0.4, 0.5) is 10.1 Å². The fraction of sp³-hybridized carbons (Fsp3) is 0.0909. The van der Waals surface area contributed by atoms with Crippen LogP contribution in [0.1, 0.15) is 11.3 Å². The minimum atomic E-state index is -3.98. The van der Waals surface area contributed by atoms with E-state index in [9.17, 15) is 17.6 Å². The number of thioether (sulfide) groups is 1. The first kappa shape index (κ1) is 22.3. The fourth-order valence-electron chi connectivity index (χ4n) is 3.00. The Labute approximate surface area is 193 Å². The lowest BCUT2D eigenvalue weighted by Crippen LogP contribution is -2.15. The van der Waals surface area contributed by atoms with Gasteiger partial charge in [-0.2, -0.15) is 0 Å². The molecule has 0 saturated carbocycles. The van der Waals surface area contributed by atoms with Gasteiger partial charge < -0.3 is 0 Å². The van der Waals surface area contributed by atoms with Gasteiger partial charge >= 0.3 is 0 Å². The first-order valence-electron chi connectivity index (χ1n) is 9.41. The molecule has 4 aromatic rings. The lowest BCUT2D eigenvalue weighted by molar-refractivity contribution is 0.599. The zero-order valence-electron chi connectivity index (χ0n) is 16.7. The van der Waals surface area contributed by atoms with E-state index >= 15 is 0 Å². The van der Waals surface area contributed by atoms with Crippen LogP contribution in [-0.4, -0.2) is 17.8 Å². The summed E-state index contributed by atoms with van der Waals surface area (Å²) < 4.78 is 42.9. The van der Waals surface area contributed by atoms with Gasteiger partial charge in [-0.05, 0) is 55.0 Å². The van der Waals surface area contributed by atoms with Gasteiger partial charge in [-0.25, -0.2) is 17.8 Å². The lowest BCUT2D eigenvalue weighted by Gasteiger charge is -2.13. The number of anilines is 1. The number of nitrogens with zero attached hydrogens (tertiary/aromatic N) is 2. The SMILES string of the molecule is Cc1ccn2c(=O)cc(CSc3ccccc3NS(=O)(=O)c3ccc(F)c(Cl)c3)nc2c1. The molecule has 0 spiro atoms. The third-order valence-electron chi connectivity index (χ3n) is 4.58. The second kappa shape index (κ2) is 8.93. The van der Waals surface area contributed by atoms with Crippen molar-refractivity contribution in [2.45, 2.75) is 22.5 Å². The average molecular weight is 490 g/mol. The minimum Gasteiger partial charge on any atom is -0.278 e. The van der Waals surface area contributed by atoms with E-state index in [-0.39, 0.29) is 15.5 Å². The molecular formula is C22H17ClFN3O3S2. The molecule has 4 rings (SSSR count). The molecule has 2 aromatic heterocycles. The van der Waals surface area contributed by atoms with E-state index in [1.165, 1.54) is 22.2 Å². The summed E-state index contributed by atoms with van der Waals surface area (Å²) in [4.78, 5) is 17.4. The highest BCUT2D eigenvalue weighted by atomic mass is 35.5. The molecule has 0 radical (unpaired) electrons. The molecule has 0 aliphatic heterocycles.